The number of halogens is 1. The first-order valence-electron chi connectivity index (χ1n) is 6.82. The molecule has 1 saturated carbocycles. The summed E-state index contributed by atoms with van der Waals surface area (Å²) in [5.74, 6) is -0.0336. The second-order valence-electron chi connectivity index (χ2n) is 5.19. The highest BCUT2D eigenvalue weighted by atomic mass is 19.1. The van der Waals surface area contributed by atoms with E-state index in [1.54, 1.807) is 0 Å². The van der Waals surface area contributed by atoms with Gasteiger partial charge in [-0.25, -0.2) is 9.37 Å². The van der Waals surface area contributed by atoms with E-state index < -0.39 is 5.82 Å². The zero-order chi connectivity index (χ0) is 13.8. The minimum absolute atomic E-state index is 0.0705. The Balaban J connectivity index is 1.96. The van der Waals surface area contributed by atoms with Crippen LogP contribution in [-0.4, -0.2) is 16.9 Å². The molecule has 5 heteroatoms. The first-order valence-corrected chi connectivity index (χ1v) is 6.82. The van der Waals surface area contributed by atoms with Crippen molar-refractivity contribution in [2.45, 2.75) is 45.1 Å². The summed E-state index contributed by atoms with van der Waals surface area (Å²) in [6.45, 7) is 2.20. The monoisotopic (exact) mass is 265 g/mol. The van der Waals surface area contributed by atoms with Gasteiger partial charge in [-0.2, -0.15) is 0 Å². The van der Waals surface area contributed by atoms with Crippen molar-refractivity contribution >= 4 is 11.7 Å². The Morgan fingerprint density at radius 1 is 1.47 bits per heavy atom. The van der Waals surface area contributed by atoms with Crippen LogP contribution in [-0.2, 0) is 0 Å². The van der Waals surface area contributed by atoms with Gasteiger partial charge >= 0.3 is 0 Å². The fourth-order valence-corrected chi connectivity index (χ4v) is 2.61. The van der Waals surface area contributed by atoms with Gasteiger partial charge in [0.1, 0.15) is 11.6 Å². The second-order valence-corrected chi connectivity index (χ2v) is 5.19. The first kappa shape index (κ1) is 13.8. The lowest BCUT2D eigenvalue weighted by molar-refractivity contribution is 0.0922. The van der Waals surface area contributed by atoms with Crippen molar-refractivity contribution in [3.8, 4) is 0 Å². The quantitative estimate of drug-likeness (QED) is 0.882. The van der Waals surface area contributed by atoms with Crippen LogP contribution in [0.15, 0.2) is 12.3 Å². The summed E-state index contributed by atoms with van der Waals surface area (Å²) in [4.78, 5) is 15.7. The number of hydrogen-bond acceptors (Lipinski definition) is 3. The van der Waals surface area contributed by atoms with E-state index in [2.05, 4.69) is 17.2 Å². The van der Waals surface area contributed by atoms with Gasteiger partial charge in [0.15, 0.2) is 0 Å². The molecule has 1 heterocycles. The Labute approximate surface area is 112 Å². The Morgan fingerprint density at radius 3 is 2.79 bits per heavy atom. The zero-order valence-electron chi connectivity index (χ0n) is 11.2. The van der Waals surface area contributed by atoms with Crippen LogP contribution in [0.5, 0.6) is 0 Å². The first-order chi connectivity index (χ1) is 9.10. The fraction of sp³-hybridized carbons (Fsp3) is 0.571. The normalized spacial score (nSPS) is 23.1. The number of carbonyl (C=O) groups excluding carboxylic acids is 1. The van der Waals surface area contributed by atoms with Crippen LogP contribution in [0.2, 0.25) is 0 Å². The zero-order valence-corrected chi connectivity index (χ0v) is 11.2. The molecule has 0 radical (unpaired) electrons. The van der Waals surface area contributed by atoms with Crippen LogP contribution < -0.4 is 11.1 Å². The van der Waals surface area contributed by atoms with Crippen LogP contribution in [0.25, 0.3) is 0 Å². The SMILES string of the molecule is CCC1CCC(NC(=O)c2cc(F)cnc2N)CC1. The molecule has 0 atom stereocenters. The van der Waals surface area contributed by atoms with Gasteiger partial charge in [0, 0.05) is 6.04 Å². The maximum Gasteiger partial charge on any atom is 0.255 e. The number of anilines is 1. The molecular weight excluding hydrogens is 245 g/mol. The molecular formula is C14H20FN3O. The summed E-state index contributed by atoms with van der Waals surface area (Å²) in [7, 11) is 0. The number of rotatable bonds is 3. The maximum absolute atomic E-state index is 13.1. The van der Waals surface area contributed by atoms with Crippen LogP contribution in [0.3, 0.4) is 0 Å². The average Bonchev–Trinajstić information content (AvgIpc) is 2.42. The average molecular weight is 265 g/mol. The van der Waals surface area contributed by atoms with Crippen LogP contribution in [0.4, 0.5) is 10.2 Å². The molecule has 1 aromatic rings. The molecule has 0 bridgehead atoms. The highest BCUT2D eigenvalue weighted by Crippen LogP contribution is 2.26. The number of nitrogen functional groups attached to an aromatic ring is 1. The van der Waals surface area contributed by atoms with E-state index in [1.165, 1.54) is 6.42 Å². The summed E-state index contributed by atoms with van der Waals surface area (Å²) in [6, 6.07) is 1.30. The molecule has 1 fully saturated rings. The van der Waals surface area contributed by atoms with Gasteiger partial charge in [-0.3, -0.25) is 4.79 Å². The third-order valence-corrected chi connectivity index (χ3v) is 3.89. The number of carbonyl (C=O) groups is 1. The largest absolute Gasteiger partial charge is 0.383 e. The van der Waals surface area contributed by atoms with E-state index in [4.69, 9.17) is 5.73 Å². The molecule has 0 spiro atoms. The number of nitrogens with one attached hydrogen (secondary N) is 1. The van der Waals surface area contributed by atoms with Gasteiger partial charge in [0.05, 0.1) is 11.8 Å². The topological polar surface area (TPSA) is 68.0 Å². The standard InChI is InChI=1S/C14H20FN3O/c1-2-9-3-5-11(6-4-9)18-14(19)12-7-10(15)8-17-13(12)16/h7-9,11H,2-6H2,1H3,(H2,16,17)(H,18,19). The van der Waals surface area contributed by atoms with E-state index >= 15 is 0 Å². The number of nitrogens with zero attached hydrogens (tertiary/aromatic N) is 1. The van der Waals surface area contributed by atoms with Gasteiger partial charge in [-0.05, 0) is 37.7 Å². The van der Waals surface area contributed by atoms with Crippen molar-refractivity contribution in [1.29, 1.82) is 0 Å². The molecule has 0 unspecified atom stereocenters. The van der Waals surface area contributed by atoms with Crippen molar-refractivity contribution in [2.75, 3.05) is 5.73 Å². The van der Waals surface area contributed by atoms with Crippen molar-refractivity contribution in [3.63, 3.8) is 0 Å². The summed E-state index contributed by atoms with van der Waals surface area (Å²) in [5, 5.41) is 2.92. The van der Waals surface area contributed by atoms with Crippen molar-refractivity contribution in [3.05, 3.63) is 23.6 Å². The molecule has 19 heavy (non-hydrogen) atoms. The molecule has 2 rings (SSSR count). The fourth-order valence-electron chi connectivity index (χ4n) is 2.61. The predicted molar refractivity (Wildman–Crippen MR) is 72.1 cm³/mol. The molecule has 1 aromatic heterocycles. The highest BCUT2D eigenvalue weighted by Gasteiger charge is 2.22. The molecule has 1 aliphatic rings. The maximum atomic E-state index is 13.1. The summed E-state index contributed by atoms with van der Waals surface area (Å²) >= 11 is 0. The Morgan fingerprint density at radius 2 is 2.16 bits per heavy atom. The smallest absolute Gasteiger partial charge is 0.255 e. The predicted octanol–water partition coefficient (Wildman–Crippen LogP) is 2.50. The number of nitrogens with two attached hydrogens (primary N) is 1. The number of hydrogen-bond donors (Lipinski definition) is 2. The van der Waals surface area contributed by atoms with Crippen molar-refractivity contribution in [1.82, 2.24) is 10.3 Å². The van der Waals surface area contributed by atoms with E-state index in [0.29, 0.717) is 0 Å². The lowest BCUT2D eigenvalue weighted by Crippen LogP contribution is -2.38. The number of aromatic nitrogens is 1. The molecule has 3 N–H and O–H groups in total. The molecule has 4 nitrogen and oxygen atoms in total. The van der Waals surface area contributed by atoms with Gasteiger partial charge in [-0.15, -0.1) is 0 Å². The van der Waals surface area contributed by atoms with E-state index in [1.807, 2.05) is 0 Å². The van der Waals surface area contributed by atoms with Crippen LogP contribution in [0.1, 0.15) is 49.4 Å². The lowest BCUT2D eigenvalue weighted by Gasteiger charge is -2.28. The number of pyridine rings is 1. The Hall–Kier alpha value is -1.65. The number of amides is 1. The van der Waals surface area contributed by atoms with Gasteiger partial charge in [0.2, 0.25) is 0 Å². The summed E-state index contributed by atoms with van der Waals surface area (Å²) in [5.41, 5.74) is 5.72. The highest BCUT2D eigenvalue weighted by molar-refractivity contribution is 5.98. The molecule has 0 aliphatic heterocycles. The molecule has 104 valence electrons. The van der Waals surface area contributed by atoms with Crippen molar-refractivity contribution < 1.29 is 9.18 Å². The van der Waals surface area contributed by atoms with Gasteiger partial charge in [0.25, 0.3) is 5.91 Å². The van der Waals surface area contributed by atoms with Crippen LogP contribution >= 0.6 is 0 Å². The summed E-state index contributed by atoms with van der Waals surface area (Å²) in [6.07, 6.45) is 6.44. The molecule has 0 saturated heterocycles. The second kappa shape index (κ2) is 5.99. The van der Waals surface area contributed by atoms with E-state index in [-0.39, 0.29) is 23.3 Å². The minimum Gasteiger partial charge on any atom is -0.383 e. The minimum atomic E-state index is -0.547. The van der Waals surface area contributed by atoms with Gasteiger partial charge in [-0.1, -0.05) is 13.3 Å². The van der Waals surface area contributed by atoms with E-state index in [0.717, 1.165) is 43.9 Å². The van der Waals surface area contributed by atoms with E-state index in [9.17, 15) is 9.18 Å². The lowest BCUT2D eigenvalue weighted by atomic mass is 9.84. The summed E-state index contributed by atoms with van der Waals surface area (Å²) < 4.78 is 13.1. The molecule has 1 aliphatic carbocycles. The molecule has 0 aromatic carbocycles. The van der Waals surface area contributed by atoms with Gasteiger partial charge < -0.3 is 11.1 Å². The third-order valence-electron chi connectivity index (χ3n) is 3.89. The third kappa shape index (κ3) is 3.43. The Bertz CT molecular complexity index is 456. The molecule has 1 amide bonds. The Kier molecular flexibility index (Phi) is 4.35. The van der Waals surface area contributed by atoms with Crippen molar-refractivity contribution in [2.24, 2.45) is 5.92 Å². The van der Waals surface area contributed by atoms with Crippen LogP contribution in [0, 0.1) is 11.7 Å².